The molecule has 232 valence electrons. The van der Waals surface area contributed by atoms with Crippen molar-refractivity contribution in [1.82, 2.24) is 0 Å². The van der Waals surface area contributed by atoms with Crippen LogP contribution in [0.5, 0.6) is 0 Å². The zero-order chi connectivity index (χ0) is 33.0. The van der Waals surface area contributed by atoms with Gasteiger partial charge in [0.25, 0.3) is 0 Å². The lowest BCUT2D eigenvalue weighted by Gasteiger charge is -2.07. The van der Waals surface area contributed by atoms with E-state index < -0.39 is 11.9 Å². The quantitative estimate of drug-likeness (QED) is 0.182. The van der Waals surface area contributed by atoms with Gasteiger partial charge in [0, 0.05) is 11.9 Å². The van der Waals surface area contributed by atoms with Crippen LogP contribution in [0.15, 0.2) is 211 Å². The summed E-state index contributed by atoms with van der Waals surface area (Å²) < 4.78 is 0. The third-order valence-corrected chi connectivity index (χ3v) is 10.3. The van der Waals surface area contributed by atoms with E-state index in [9.17, 15) is 0 Å². The van der Waals surface area contributed by atoms with Crippen molar-refractivity contribution in [1.29, 1.82) is 0 Å². The Hall–Kier alpha value is -5.04. The topological polar surface area (TPSA) is 80.3 Å². The molecule has 0 atom stereocenters. The van der Waals surface area contributed by atoms with Gasteiger partial charge in [-0.3, -0.25) is 0 Å². The lowest BCUT2D eigenvalue weighted by Crippen LogP contribution is -2.16. The number of aliphatic carboxylic acids is 2. The molecule has 6 heteroatoms. The molecular formula is C40H36O4S2. The predicted octanol–water partition coefficient (Wildman–Crippen LogP) is 7.08. The molecule has 0 heterocycles. The van der Waals surface area contributed by atoms with Crippen LogP contribution >= 0.6 is 0 Å². The molecule has 6 aromatic carbocycles. The first-order valence-electron chi connectivity index (χ1n) is 14.5. The second kappa shape index (κ2) is 20.1. The summed E-state index contributed by atoms with van der Waals surface area (Å²) in [6.45, 7) is 1.94. The Kier molecular flexibility index (Phi) is 15.5. The SMILES string of the molecule is CC(=O)[O-].CC(=O)[O-].c1ccc([S+](c2ccccc2)c2ccccc2)cc1.c1ccc([S+](c2ccccc2)c2ccccc2)cc1. The first-order valence-corrected chi connectivity index (χ1v) is 17.0. The number of rotatable bonds is 6. The molecular weight excluding hydrogens is 609 g/mol. The van der Waals surface area contributed by atoms with Crippen LogP contribution in [0.3, 0.4) is 0 Å². The highest BCUT2D eigenvalue weighted by atomic mass is 32.2. The minimum atomic E-state index is -1.08. The van der Waals surface area contributed by atoms with Crippen LogP contribution in [-0.4, -0.2) is 11.9 Å². The second-order valence-electron chi connectivity index (χ2n) is 9.47. The molecule has 0 N–H and O–H groups in total. The summed E-state index contributed by atoms with van der Waals surface area (Å²) in [6, 6.07) is 64.3. The Balaban J connectivity index is 0.000000204. The summed E-state index contributed by atoms with van der Waals surface area (Å²) in [4.78, 5) is 25.9. The average Bonchev–Trinajstić information content (AvgIpc) is 3.08. The number of benzene rings is 6. The van der Waals surface area contributed by atoms with Gasteiger partial charge in [0.1, 0.15) is 0 Å². The van der Waals surface area contributed by atoms with Crippen molar-refractivity contribution in [3.63, 3.8) is 0 Å². The smallest absolute Gasteiger partial charge is 0.166 e. The summed E-state index contributed by atoms with van der Waals surface area (Å²) in [7, 11) is -0.0293. The number of hydrogen-bond acceptors (Lipinski definition) is 4. The number of carbonyl (C=O) groups excluding carboxylic acids is 2. The Morgan fingerprint density at radius 1 is 0.326 bits per heavy atom. The van der Waals surface area contributed by atoms with Gasteiger partial charge in [-0.2, -0.15) is 0 Å². The molecule has 0 bridgehead atoms. The van der Waals surface area contributed by atoms with E-state index in [0.29, 0.717) is 0 Å². The Morgan fingerprint density at radius 3 is 0.543 bits per heavy atom. The van der Waals surface area contributed by atoms with Crippen LogP contribution in [0, 0.1) is 0 Å². The molecule has 0 aliphatic carbocycles. The third kappa shape index (κ3) is 12.5. The van der Waals surface area contributed by atoms with E-state index in [1.807, 2.05) is 0 Å². The van der Waals surface area contributed by atoms with Crippen molar-refractivity contribution in [2.75, 3.05) is 0 Å². The number of carboxylic acids is 2. The highest BCUT2D eigenvalue weighted by Crippen LogP contribution is 2.31. The van der Waals surface area contributed by atoms with Gasteiger partial charge in [-0.15, -0.1) is 0 Å². The number of carboxylic acid groups (broad SMARTS) is 2. The van der Waals surface area contributed by atoms with Gasteiger partial charge in [0.05, 0.1) is 21.8 Å². The zero-order valence-electron chi connectivity index (χ0n) is 25.8. The molecule has 6 aromatic rings. The maximum Gasteiger partial charge on any atom is 0.166 e. The summed E-state index contributed by atoms with van der Waals surface area (Å²) in [5.41, 5.74) is 0. The summed E-state index contributed by atoms with van der Waals surface area (Å²) in [5.74, 6) is -2.17. The summed E-state index contributed by atoms with van der Waals surface area (Å²) >= 11 is 0. The van der Waals surface area contributed by atoms with E-state index in [4.69, 9.17) is 19.8 Å². The van der Waals surface area contributed by atoms with Crippen molar-refractivity contribution in [2.45, 2.75) is 43.2 Å². The van der Waals surface area contributed by atoms with Gasteiger partial charge in [-0.25, -0.2) is 0 Å². The molecule has 0 spiro atoms. The highest BCUT2D eigenvalue weighted by Gasteiger charge is 2.28. The van der Waals surface area contributed by atoms with Crippen molar-refractivity contribution < 1.29 is 19.8 Å². The van der Waals surface area contributed by atoms with Gasteiger partial charge < -0.3 is 19.8 Å². The van der Waals surface area contributed by atoms with Gasteiger partial charge in [0.2, 0.25) is 0 Å². The van der Waals surface area contributed by atoms with Crippen LogP contribution in [0.25, 0.3) is 0 Å². The van der Waals surface area contributed by atoms with E-state index in [0.717, 1.165) is 13.8 Å². The molecule has 46 heavy (non-hydrogen) atoms. The monoisotopic (exact) mass is 644 g/mol. The van der Waals surface area contributed by atoms with Gasteiger partial charge in [-0.1, -0.05) is 109 Å². The molecule has 0 radical (unpaired) electrons. The standard InChI is InChI=1S/2C18H15S.2C2H4O2/c2*1-4-10-16(11-5-1)19(17-12-6-2-7-13-17)18-14-8-3-9-15-18;2*1-2(3)4/h2*1-15H;2*1H3,(H,3,4)/q2*+1;;/p-2. The van der Waals surface area contributed by atoms with Crippen LogP contribution in [0.4, 0.5) is 0 Å². The maximum atomic E-state index is 8.89. The Morgan fingerprint density at radius 2 is 0.435 bits per heavy atom. The summed E-state index contributed by atoms with van der Waals surface area (Å²) in [6.07, 6.45) is 0. The third-order valence-electron chi connectivity index (χ3n) is 5.87. The van der Waals surface area contributed by atoms with Gasteiger partial charge >= 0.3 is 0 Å². The van der Waals surface area contributed by atoms with Crippen LogP contribution in [-0.2, 0) is 31.4 Å². The largest absolute Gasteiger partial charge is 0.550 e. The van der Waals surface area contributed by atoms with Crippen LogP contribution in [0.2, 0.25) is 0 Å². The maximum absolute atomic E-state index is 8.89. The van der Waals surface area contributed by atoms with Gasteiger partial charge in [-0.05, 0) is 86.6 Å². The molecule has 0 saturated carbocycles. The normalized spacial score (nSPS) is 9.83. The molecule has 4 nitrogen and oxygen atoms in total. The minimum Gasteiger partial charge on any atom is -0.550 e. The van der Waals surface area contributed by atoms with Gasteiger partial charge in [0.15, 0.2) is 29.4 Å². The molecule has 0 fully saturated rings. The fourth-order valence-electron chi connectivity index (χ4n) is 4.16. The van der Waals surface area contributed by atoms with E-state index >= 15 is 0 Å². The van der Waals surface area contributed by atoms with Crippen molar-refractivity contribution in [2.24, 2.45) is 0 Å². The lowest BCUT2D eigenvalue weighted by atomic mass is 10.4. The average molecular weight is 645 g/mol. The predicted molar refractivity (Wildman–Crippen MR) is 184 cm³/mol. The molecule has 0 saturated heterocycles. The minimum absolute atomic E-state index is 0.0146. The Bertz CT molecular complexity index is 1360. The van der Waals surface area contributed by atoms with Crippen LogP contribution < -0.4 is 10.2 Å². The first-order chi connectivity index (χ1) is 22.4. The van der Waals surface area contributed by atoms with Crippen LogP contribution in [0.1, 0.15) is 13.8 Å². The fraction of sp³-hybridized carbons (Fsp3) is 0.0500. The van der Waals surface area contributed by atoms with E-state index in [1.165, 1.54) is 29.4 Å². The molecule has 0 amide bonds. The zero-order valence-corrected chi connectivity index (χ0v) is 27.4. The molecule has 0 aliphatic heterocycles. The highest BCUT2D eigenvalue weighted by molar-refractivity contribution is 7.97. The lowest BCUT2D eigenvalue weighted by molar-refractivity contribution is -0.303. The molecule has 0 aromatic heterocycles. The van der Waals surface area contributed by atoms with E-state index in [2.05, 4.69) is 182 Å². The molecule has 0 unspecified atom stereocenters. The van der Waals surface area contributed by atoms with Crippen molar-refractivity contribution in [3.05, 3.63) is 182 Å². The second-order valence-corrected chi connectivity index (χ2v) is 13.5. The van der Waals surface area contributed by atoms with Crippen molar-refractivity contribution in [3.8, 4) is 0 Å². The molecule has 0 aliphatic rings. The molecule has 6 rings (SSSR count). The number of carbonyl (C=O) groups is 2. The van der Waals surface area contributed by atoms with E-state index in [-0.39, 0.29) is 21.8 Å². The summed E-state index contributed by atoms with van der Waals surface area (Å²) in [5, 5.41) is 17.8. The number of hydrogen-bond donors (Lipinski definition) is 0. The fourth-order valence-corrected chi connectivity index (χ4v) is 8.36. The Labute approximate surface area is 277 Å². The van der Waals surface area contributed by atoms with Crippen molar-refractivity contribution >= 4 is 33.7 Å². The van der Waals surface area contributed by atoms with E-state index in [1.54, 1.807) is 0 Å². The first kappa shape index (κ1) is 35.4.